The fraction of sp³-hybridized carbons (Fsp3) is 0.440. The molecule has 0 saturated carbocycles. The summed E-state index contributed by atoms with van der Waals surface area (Å²) in [6.45, 7) is 4.82. The lowest BCUT2D eigenvalue weighted by Gasteiger charge is -2.17. The average Bonchev–Trinajstić information content (AvgIpc) is 3.46. The Bertz CT molecular complexity index is 1170. The summed E-state index contributed by atoms with van der Waals surface area (Å²) in [6.07, 6.45) is 5.67. The molecule has 9 heteroatoms. The molecule has 0 radical (unpaired) electrons. The summed E-state index contributed by atoms with van der Waals surface area (Å²) in [7, 11) is 1.80. The summed E-state index contributed by atoms with van der Waals surface area (Å²) < 4.78 is 7.43. The molecule has 180 valence electrons. The Morgan fingerprint density at radius 3 is 2.85 bits per heavy atom. The molecule has 1 atom stereocenters. The second kappa shape index (κ2) is 10.6. The van der Waals surface area contributed by atoms with Gasteiger partial charge in [-0.3, -0.25) is 19.5 Å². The van der Waals surface area contributed by atoms with Crippen molar-refractivity contribution in [2.75, 3.05) is 37.9 Å². The van der Waals surface area contributed by atoms with Gasteiger partial charge in [0, 0.05) is 50.1 Å². The van der Waals surface area contributed by atoms with Gasteiger partial charge in [0.1, 0.15) is 5.52 Å². The van der Waals surface area contributed by atoms with E-state index in [2.05, 4.69) is 22.2 Å². The predicted octanol–water partition coefficient (Wildman–Crippen LogP) is 3.56. The minimum Gasteiger partial charge on any atom is -0.399 e. The molecule has 1 aliphatic rings. The quantitative estimate of drug-likeness (QED) is 0.370. The van der Waals surface area contributed by atoms with Gasteiger partial charge in [0.05, 0.1) is 12.2 Å². The monoisotopic (exact) mass is 464 g/mol. The SMILES string of the molecule is CCCCCN(C)C(=O)c1cnc2c(c1)nc(NC(=O)c1cccc(N)c1)n2CC1CCOC1. The first-order valence-corrected chi connectivity index (χ1v) is 11.8. The summed E-state index contributed by atoms with van der Waals surface area (Å²) in [5.74, 6) is 0.295. The summed E-state index contributed by atoms with van der Waals surface area (Å²) in [5, 5.41) is 2.90. The molecule has 3 aromatic rings. The molecule has 1 fully saturated rings. The molecule has 3 N–H and O–H groups in total. The molecule has 0 aliphatic carbocycles. The highest BCUT2D eigenvalue weighted by atomic mass is 16.5. The molecule has 2 amide bonds. The van der Waals surface area contributed by atoms with E-state index in [0.29, 0.717) is 59.5 Å². The number of anilines is 2. The second-order valence-electron chi connectivity index (χ2n) is 8.86. The van der Waals surface area contributed by atoms with Gasteiger partial charge in [0.15, 0.2) is 5.65 Å². The maximum atomic E-state index is 12.9. The van der Waals surface area contributed by atoms with Crippen molar-refractivity contribution in [1.82, 2.24) is 19.4 Å². The Kier molecular flexibility index (Phi) is 7.42. The van der Waals surface area contributed by atoms with Crippen LogP contribution in [-0.4, -0.2) is 58.1 Å². The highest BCUT2D eigenvalue weighted by Gasteiger charge is 2.23. The minimum absolute atomic E-state index is 0.0883. The number of ether oxygens (including phenoxy) is 1. The number of pyridine rings is 1. The van der Waals surface area contributed by atoms with Crippen molar-refractivity contribution in [3.8, 4) is 0 Å². The van der Waals surface area contributed by atoms with Gasteiger partial charge in [0.25, 0.3) is 11.8 Å². The highest BCUT2D eigenvalue weighted by Crippen LogP contribution is 2.24. The number of benzene rings is 1. The molecule has 0 spiro atoms. The van der Waals surface area contributed by atoms with Crippen LogP contribution in [0.25, 0.3) is 11.2 Å². The van der Waals surface area contributed by atoms with Gasteiger partial charge < -0.3 is 15.4 Å². The zero-order valence-corrected chi connectivity index (χ0v) is 19.8. The molecule has 1 unspecified atom stereocenters. The number of rotatable bonds is 9. The first-order valence-electron chi connectivity index (χ1n) is 11.8. The van der Waals surface area contributed by atoms with Crippen LogP contribution in [0.2, 0.25) is 0 Å². The molecule has 1 aromatic carbocycles. The van der Waals surface area contributed by atoms with E-state index in [9.17, 15) is 9.59 Å². The van der Waals surface area contributed by atoms with Crippen LogP contribution in [0.3, 0.4) is 0 Å². The van der Waals surface area contributed by atoms with Crippen molar-refractivity contribution in [2.45, 2.75) is 39.2 Å². The third kappa shape index (κ3) is 5.36. The number of imidazole rings is 1. The summed E-state index contributed by atoms with van der Waals surface area (Å²) in [4.78, 5) is 36.7. The Morgan fingerprint density at radius 2 is 2.12 bits per heavy atom. The van der Waals surface area contributed by atoms with Crippen LogP contribution in [0, 0.1) is 5.92 Å². The number of nitrogens with two attached hydrogens (primary N) is 1. The van der Waals surface area contributed by atoms with Gasteiger partial charge in [-0.05, 0) is 37.1 Å². The van der Waals surface area contributed by atoms with Crippen LogP contribution >= 0.6 is 0 Å². The fourth-order valence-corrected chi connectivity index (χ4v) is 4.16. The van der Waals surface area contributed by atoms with Crippen LogP contribution < -0.4 is 11.1 Å². The maximum Gasteiger partial charge on any atom is 0.258 e. The van der Waals surface area contributed by atoms with E-state index in [1.165, 1.54) is 0 Å². The van der Waals surface area contributed by atoms with Gasteiger partial charge in [0.2, 0.25) is 5.95 Å². The Morgan fingerprint density at radius 1 is 1.26 bits per heavy atom. The number of carbonyl (C=O) groups excluding carboxylic acids is 2. The molecular formula is C25H32N6O3. The van der Waals surface area contributed by atoms with Gasteiger partial charge in [-0.15, -0.1) is 0 Å². The van der Waals surface area contributed by atoms with Crippen LogP contribution in [0.5, 0.6) is 0 Å². The van der Waals surface area contributed by atoms with Crippen molar-refractivity contribution < 1.29 is 14.3 Å². The van der Waals surface area contributed by atoms with Crippen molar-refractivity contribution in [1.29, 1.82) is 0 Å². The zero-order chi connectivity index (χ0) is 24.1. The number of carbonyl (C=O) groups is 2. The molecule has 2 aromatic heterocycles. The topological polar surface area (TPSA) is 115 Å². The smallest absolute Gasteiger partial charge is 0.258 e. The Balaban J connectivity index is 1.63. The largest absolute Gasteiger partial charge is 0.399 e. The van der Waals surface area contributed by atoms with E-state index < -0.39 is 0 Å². The summed E-state index contributed by atoms with van der Waals surface area (Å²) in [5.41, 5.74) is 8.46. The highest BCUT2D eigenvalue weighted by molar-refractivity contribution is 6.04. The first kappa shape index (κ1) is 23.7. The van der Waals surface area contributed by atoms with Crippen LogP contribution in [-0.2, 0) is 11.3 Å². The van der Waals surface area contributed by atoms with Gasteiger partial charge in [-0.25, -0.2) is 9.97 Å². The average molecular weight is 465 g/mol. The molecule has 1 saturated heterocycles. The first-order chi connectivity index (χ1) is 16.5. The lowest BCUT2D eigenvalue weighted by Crippen LogP contribution is -2.27. The lowest BCUT2D eigenvalue weighted by molar-refractivity contribution is 0.0792. The molecule has 3 heterocycles. The standard InChI is InChI=1S/C25H32N6O3/c1-3-4-5-10-30(2)24(33)19-13-21-22(27-14-19)31(15-17-9-11-34-16-17)25(28-21)29-23(32)18-7-6-8-20(26)12-18/h6-8,12-14,17H,3-5,9-11,15-16,26H2,1-2H3,(H,28,29,32). The fourth-order valence-electron chi connectivity index (χ4n) is 4.16. The predicted molar refractivity (Wildman–Crippen MR) is 132 cm³/mol. The van der Waals surface area contributed by atoms with E-state index in [4.69, 9.17) is 10.5 Å². The van der Waals surface area contributed by atoms with E-state index >= 15 is 0 Å². The van der Waals surface area contributed by atoms with Crippen molar-refractivity contribution in [2.24, 2.45) is 5.92 Å². The lowest BCUT2D eigenvalue weighted by atomic mass is 10.1. The number of unbranched alkanes of at least 4 members (excludes halogenated alkanes) is 2. The van der Waals surface area contributed by atoms with Gasteiger partial charge >= 0.3 is 0 Å². The summed E-state index contributed by atoms with van der Waals surface area (Å²) >= 11 is 0. The molecule has 1 aliphatic heterocycles. The minimum atomic E-state index is -0.307. The number of amides is 2. The molecular weight excluding hydrogens is 432 g/mol. The van der Waals surface area contributed by atoms with Crippen LogP contribution in [0.15, 0.2) is 36.5 Å². The van der Waals surface area contributed by atoms with E-state index in [0.717, 1.165) is 32.3 Å². The van der Waals surface area contributed by atoms with Crippen LogP contribution in [0.1, 0.15) is 53.3 Å². The normalized spacial score (nSPS) is 15.5. The van der Waals surface area contributed by atoms with E-state index in [-0.39, 0.29) is 11.8 Å². The number of hydrogen-bond donors (Lipinski definition) is 2. The third-order valence-electron chi connectivity index (χ3n) is 6.11. The number of nitrogens with zero attached hydrogens (tertiary/aromatic N) is 4. The van der Waals surface area contributed by atoms with Crippen molar-refractivity contribution in [3.63, 3.8) is 0 Å². The number of fused-ring (bicyclic) bond motifs is 1. The number of nitrogens with one attached hydrogen (secondary N) is 1. The molecule has 34 heavy (non-hydrogen) atoms. The molecule has 0 bridgehead atoms. The van der Waals surface area contributed by atoms with Gasteiger partial charge in [-0.2, -0.15) is 0 Å². The summed E-state index contributed by atoms with van der Waals surface area (Å²) in [6, 6.07) is 8.54. The maximum absolute atomic E-state index is 12.9. The van der Waals surface area contributed by atoms with Crippen molar-refractivity contribution in [3.05, 3.63) is 47.7 Å². The van der Waals surface area contributed by atoms with Gasteiger partial charge in [-0.1, -0.05) is 25.8 Å². The van der Waals surface area contributed by atoms with Crippen LogP contribution in [0.4, 0.5) is 11.6 Å². The molecule has 9 nitrogen and oxygen atoms in total. The number of hydrogen-bond acceptors (Lipinski definition) is 6. The Hall–Kier alpha value is -3.46. The number of nitrogen functional groups attached to an aromatic ring is 1. The van der Waals surface area contributed by atoms with Crippen molar-refractivity contribution >= 4 is 34.6 Å². The third-order valence-corrected chi connectivity index (χ3v) is 6.11. The Labute approximate surface area is 199 Å². The number of aromatic nitrogens is 3. The second-order valence-corrected chi connectivity index (χ2v) is 8.86. The zero-order valence-electron chi connectivity index (χ0n) is 19.8. The van der Waals surface area contributed by atoms with E-state index in [1.54, 1.807) is 48.5 Å². The molecule has 4 rings (SSSR count). The van der Waals surface area contributed by atoms with E-state index in [1.807, 2.05) is 4.57 Å².